The van der Waals surface area contributed by atoms with Crippen LogP contribution in [0.1, 0.15) is 43.9 Å². The highest BCUT2D eigenvalue weighted by Crippen LogP contribution is 2.35. The fourth-order valence-corrected chi connectivity index (χ4v) is 4.80. The van der Waals surface area contributed by atoms with Crippen LogP contribution in [0.15, 0.2) is 41.3 Å². The predicted molar refractivity (Wildman–Crippen MR) is 148 cm³/mol. The Balaban J connectivity index is 0.00000148. The Labute approximate surface area is 226 Å². The normalized spacial score (nSPS) is 17.7. The molecule has 5 rings (SSSR count). The van der Waals surface area contributed by atoms with Crippen LogP contribution >= 0.6 is 27.5 Å². The minimum absolute atomic E-state index is 0.0613. The number of hydrogen-bond acceptors (Lipinski definition) is 8. The molecule has 1 saturated heterocycles. The number of ether oxygens (including phenoxy) is 1. The number of nitrogens with zero attached hydrogens (tertiary/aromatic N) is 6. The van der Waals surface area contributed by atoms with Gasteiger partial charge in [0.1, 0.15) is 22.1 Å². The van der Waals surface area contributed by atoms with Crippen LogP contribution in [0.25, 0.3) is 0 Å². The molecular formula is C26H33BrClN7O. The summed E-state index contributed by atoms with van der Waals surface area (Å²) in [4.78, 5) is 23.6. The number of rotatable bonds is 6. The van der Waals surface area contributed by atoms with Crippen molar-refractivity contribution < 1.29 is 4.74 Å². The van der Waals surface area contributed by atoms with Crippen molar-refractivity contribution in [2.45, 2.75) is 39.7 Å². The largest absolute Gasteiger partial charge is 0.379 e. The first kappa shape index (κ1) is 26.7. The van der Waals surface area contributed by atoms with Crippen molar-refractivity contribution in [2.24, 2.45) is 0 Å². The van der Waals surface area contributed by atoms with Crippen molar-refractivity contribution in [2.75, 3.05) is 49.6 Å². The van der Waals surface area contributed by atoms with E-state index in [0.717, 1.165) is 91.2 Å². The van der Waals surface area contributed by atoms with Gasteiger partial charge in [0.25, 0.3) is 0 Å². The zero-order valence-electron chi connectivity index (χ0n) is 21.0. The summed E-state index contributed by atoms with van der Waals surface area (Å²) in [5.41, 5.74) is 3.09. The van der Waals surface area contributed by atoms with Crippen molar-refractivity contribution in [1.82, 2.24) is 24.8 Å². The lowest BCUT2D eigenvalue weighted by molar-refractivity contribution is 0.0382. The minimum Gasteiger partial charge on any atom is -0.379 e. The van der Waals surface area contributed by atoms with Gasteiger partial charge in [0.15, 0.2) is 0 Å². The van der Waals surface area contributed by atoms with Gasteiger partial charge in [-0.05, 0) is 53.5 Å². The van der Waals surface area contributed by atoms with E-state index in [-0.39, 0.29) is 6.04 Å². The molecule has 0 aromatic carbocycles. The smallest absolute Gasteiger partial charge is 0.137 e. The maximum Gasteiger partial charge on any atom is 0.137 e. The SMILES string of the molecule is CC.CC1c2nc(CCN3CCOCC3)nc(Nc3ccc(Br)nc3)c2CCN1c1ccc(Cl)cn1. The number of aromatic nitrogens is 4. The Morgan fingerprint density at radius 3 is 2.56 bits per heavy atom. The Bertz CT molecular complexity index is 1120. The molecule has 0 radical (unpaired) electrons. The van der Waals surface area contributed by atoms with Gasteiger partial charge in [-0.3, -0.25) is 4.90 Å². The van der Waals surface area contributed by atoms with Crippen molar-refractivity contribution >= 4 is 44.9 Å². The van der Waals surface area contributed by atoms with Gasteiger partial charge >= 0.3 is 0 Å². The van der Waals surface area contributed by atoms with Crippen molar-refractivity contribution in [1.29, 1.82) is 0 Å². The average molecular weight is 575 g/mol. The molecule has 1 fully saturated rings. The van der Waals surface area contributed by atoms with E-state index in [9.17, 15) is 0 Å². The van der Waals surface area contributed by atoms with Gasteiger partial charge in [0.05, 0.1) is 41.9 Å². The lowest BCUT2D eigenvalue weighted by Gasteiger charge is -2.36. The molecule has 1 unspecified atom stereocenters. The summed E-state index contributed by atoms with van der Waals surface area (Å²) in [7, 11) is 0. The number of fused-ring (bicyclic) bond motifs is 1. The standard InChI is InChI=1S/C24H27BrClN7O.C2H6/c1-16-23-19(6-9-33(16)22-5-2-17(26)14-28-22)24(29-18-3-4-20(25)27-15-18)31-21(30-23)7-8-32-10-12-34-13-11-32;1-2/h2-5,14-16H,6-13H2,1H3,(H,29,30,31);1-2H3. The topological polar surface area (TPSA) is 79.3 Å². The van der Waals surface area contributed by atoms with Gasteiger partial charge in [-0.25, -0.2) is 19.9 Å². The van der Waals surface area contributed by atoms with Gasteiger partial charge in [-0.15, -0.1) is 0 Å². The van der Waals surface area contributed by atoms with Crippen molar-refractivity contribution in [3.63, 3.8) is 0 Å². The molecule has 1 N–H and O–H groups in total. The van der Waals surface area contributed by atoms with Gasteiger partial charge in [0, 0.05) is 44.4 Å². The summed E-state index contributed by atoms with van der Waals surface area (Å²) in [6, 6.07) is 7.83. The number of anilines is 3. The van der Waals surface area contributed by atoms with Gasteiger partial charge in [-0.2, -0.15) is 0 Å². The molecule has 3 aromatic heterocycles. The molecule has 0 spiro atoms. The second-order valence-corrected chi connectivity index (χ2v) is 9.75. The lowest BCUT2D eigenvalue weighted by Crippen LogP contribution is -2.38. The van der Waals surface area contributed by atoms with E-state index in [1.807, 2.05) is 44.3 Å². The highest BCUT2D eigenvalue weighted by Gasteiger charge is 2.29. The van der Waals surface area contributed by atoms with E-state index in [1.54, 1.807) is 6.20 Å². The molecular weight excluding hydrogens is 542 g/mol. The molecule has 10 heteroatoms. The van der Waals surface area contributed by atoms with Crippen LogP contribution in [-0.4, -0.2) is 64.2 Å². The summed E-state index contributed by atoms with van der Waals surface area (Å²) >= 11 is 9.47. The van der Waals surface area contributed by atoms with E-state index >= 15 is 0 Å². The molecule has 3 aromatic rings. The third-order valence-electron chi connectivity index (χ3n) is 6.30. The van der Waals surface area contributed by atoms with Crippen LogP contribution in [0.2, 0.25) is 5.02 Å². The highest BCUT2D eigenvalue weighted by molar-refractivity contribution is 9.10. The van der Waals surface area contributed by atoms with Gasteiger partial charge < -0.3 is 15.0 Å². The first-order valence-electron chi connectivity index (χ1n) is 12.5. The lowest BCUT2D eigenvalue weighted by atomic mass is 9.98. The van der Waals surface area contributed by atoms with Crippen LogP contribution in [0.4, 0.5) is 17.3 Å². The van der Waals surface area contributed by atoms with E-state index in [0.29, 0.717) is 5.02 Å². The second-order valence-electron chi connectivity index (χ2n) is 8.50. The summed E-state index contributed by atoms with van der Waals surface area (Å²) in [5, 5.41) is 4.14. The summed E-state index contributed by atoms with van der Waals surface area (Å²) in [6.45, 7) is 11.4. The summed E-state index contributed by atoms with van der Waals surface area (Å²) in [5.74, 6) is 2.61. The second kappa shape index (κ2) is 12.8. The molecule has 0 bridgehead atoms. The Kier molecular flexibility index (Phi) is 9.47. The molecule has 8 nitrogen and oxygen atoms in total. The van der Waals surface area contributed by atoms with Crippen LogP contribution in [0.5, 0.6) is 0 Å². The summed E-state index contributed by atoms with van der Waals surface area (Å²) < 4.78 is 6.28. The molecule has 192 valence electrons. The first-order valence-corrected chi connectivity index (χ1v) is 13.7. The summed E-state index contributed by atoms with van der Waals surface area (Å²) in [6.07, 6.45) is 5.11. The Hall–Kier alpha value is -2.33. The third-order valence-corrected chi connectivity index (χ3v) is 7.00. The first-order chi connectivity index (χ1) is 17.6. The number of halogens is 2. The zero-order valence-corrected chi connectivity index (χ0v) is 23.4. The molecule has 0 amide bonds. The van der Waals surface area contributed by atoms with E-state index in [4.69, 9.17) is 26.3 Å². The zero-order chi connectivity index (χ0) is 25.5. The average Bonchev–Trinajstić information content (AvgIpc) is 2.92. The Morgan fingerprint density at radius 1 is 1.06 bits per heavy atom. The van der Waals surface area contributed by atoms with Crippen LogP contribution in [-0.2, 0) is 17.6 Å². The van der Waals surface area contributed by atoms with Crippen LogP contribution < -0.4 is 10.2 Å². The molecule has 2 aliphatic heterocycles. The molecule has 5 heterocycles. The molecule has 0 aliphatic carbocycles. The number of morpholine rings is 1. The monoisotopic (exact) mass is 573 g/mol. The maximum absolute atomic E-state index is 6.07. The van der Waals surface area contributed by atoms with Crippen molar-refractivity contribution in [3.8, 4) is 0 Å². The van der Waals surface area contributed by atoms with Crippen molar-refractivity contribution in [3.05, 3.63) is 63.4 Å². The van der Waals surface area contributed by atoms with Gasteiger partial charge in [-0.1, -0.05) is 25.4 Å². The predicted octanol–water partition coefficient (Wildman–Crippen LogP) is 5.45. The fraction of sp³-hybridized carbons (Fsp3) is 0.462. The molecule has 1 atom stereocenters. The maximum atomic E-state index is 6.07. The minimum atomic E-state index is 0.0613. The Morgan fingerprint density at radius 2 is 1.86 bits per heavy atom. The van der Waals surface area contributed by atoms with Crippen LogP contribution in [0, 0.1) is 0 Å². The quantitative estimate of drug-likeness (QED) is 0.390. The molecule has 0 saturated carbocycles. The number of pyridine rings is 2. The van der Waals surface area contributed by atoms with Gasteiger partial charge in [0.2, 0.25) is 0 Å². The molecule has 2 aliphatic rings. The van der Waals surface area contributed by atoms with E-state index in [2.05, 4.69) is 47.9 Å². The molecule has 36 heavy (non-hydrogen) atoms. The van der Waals surface area contributed by atoms with E-state index < -0.39 is 0 Å². The third kappa shape index (κ3) is 6.51. The fourth-order valence-electron chi connectivity index (χ4n) is 4.45. The number of hydrogen-bond donors (Lipinski definition) is 1. The van der Waals surface area contributed by atoms with Crippen LogP contribution in [0.3, 0.4) is 0 Å². The van der Waals surface area contributed by atoms with E-state index in [1.165, 1.54) is 0 Å². The number of nitrogens with one attached hydrogen (secondary N) is 1. The highest BCUT2D eigenvalue weighted by atomic mass is 79.9.